The van der Waals surface area contributed by atoms with Crippen LogP contribution < -0.4 is 5.32 Å². The van der Waals surface area contributed by atoms with E-state index < -0.39 is 5.54 Å². The Morgan fingerprint density at radius 2 is 2.32 bits per heavy atom. The highest BCUT2D eigenvalue weighted by atomic mass is 35.5. The Labute approximate surface area is 141 Å². The van der Waals surface area contributed by atoms with Gasteiger partial charge in [0.15, 0.2) is 0 Å². The molecule has 120 valence electrons. The highest BCUT2D eigenvalue weighted by Crippen LogP contribution is 2.22. The minimum atomic E-state index is -0.858. The third kappa shape index (κ3) is 5.45. The van der Waals surface area contributed by atoms with Crippen molar-refractivity contribution in [3.63, 3.8) is 0 Å². The van der Waals surface area contributed by atoms with Crippen molar-refractivity contribution >= 4 is 28.8 Å². The lowest BCUT2D eigenvalue weighted by Crippen LogP contribution is -2.51. The zero-order chi connectivity index (χ0) is 16.8. The minimum Gasteiger partial charge on any atom is -0.337 e. The maximum absolute atomic E-state index is 12.2. The van der Waals surface area contributed by atoms with Gasteiger partial charge in [-0.05, 0) is 25.0 Å². The first-order valence-electron chi connectivity index (χ1n) is 7.10. The molecular weight excluding hydrogens is 318 g/mol. The summed E-state index contributed by atoms with van der Waals surface area (Å²) < 4.78 is 0.731. The standard InChI is InChI=1S/C16H22ClN3OS/c1-5-8-20(9-13-6-7-14(17)22-13)10-15(21)19-16(4,11-18)12(2)3/h5-7,12H,1,8-10H2,2-4H3,(H,19,21)/t16-/m0/s1. The Bertz CT molecular complexity index is 564. The third-order valence-electron chi connectivity index (χ3n) is 3.55. The molecule has 0 bridgehead atoms. The Morgan fingerprint density at radius 3 is 2.77 bits per heavy atom. The molecule has 0 aliphatic rings. The molecule has 0 aliphatic heterocycles. The molecule has 0 saturated heterocycles. The van der Waals surface area contributed by atoms with Crippen molar-refractivity contribution in [3.8, 4) is 6.07 Å². The number of hydrogen-bond acceptors (Lipinski definition) is 4. The first-order valence-corrected chi connectivity index (χ1v) is 8.30. The summed E-state index contributed by atoms with van der Waals surface area (Å²) in [5.74, 6) is -0.132. The van der Waals surface area contributed by atoms with Crippen molar-refractivity contribution in [1.29, 1.82) is 5.26 Å². The molecule has 1 atom stereocenters. The smallest absolute Gasteiger partial charge is 0.235 e. The molecule has 0 aliphatic carbocycles. The molecule has 0 fully saturated rings. The van der Waals surface area contributed by atoms with Crippen LogP contribution in [0.4, 0.5) is 0 Å². The summed E-state index contributed by atoms with van der Waals surface area (Å²) in [5.41, 5.74) is -0.858. The van der Waals surface area contributed by atoms with Gasteiger partial charge in [-0.25, -0.2) is 0 Å². The van der Waals surface area contributed by atoms with Gasteiger partial charge >= 0.3 is 0 Å². The van der Waals surface area contributed by atoms with E-state index in [1.165, 1.54) is 11.3 Å². The largest absolute Gasteiger partial charge is 0.337 e. The molecule has 0 unspecified atom stereocenters. The van der Waals surface area contributed by atoms with Crippen LogP contribution >= 0.6 is 22.9 Å². The molecule has 1 aromatic rings. The Morgan fingerprint density at radius 1 is 1.64 bits per heavy atom. The van der Waals surface area contributed by atoms with Crippen molar-refractivity contribution in [3.05, 3.63) is 34.0 Å². The lowest BCUT2D eigenvalue weighted by atomic mass is 9.90. The van der Waals surface area contributed by atoms with Gasteiger partial charge in [0.25, 0.3) is 0 Å². The molecule has 1 amide bonds. The maximum Gasteiger partial charge on any atom is 0.235 e. The molecule has 0 aromatic carbocycles. The molecule has 0 spiro atoms. The second kappa shape index (κ2) is 8.33. The topological polar surface area (TPSA) is 56.1 Å². The van der Waals surface area contributed by atoms with Crippen LogP contribution in [0.25, 0.3) is 0 Å². The fourth-order valence-electron chi connectivity index (χ4n) is 1.86. The summed E-state index contributed by atoms with van der Waals surface area (Å²) in [7, 11) is 0. The summed E-state index contributed by atoms with van der Waals surface area (Å²) in [5, 5.41) is 12.1. The van der Waals surface area contributed by atoms with E-state index in [1.54, 1.807) is 13.0 Å². The molecule has 22 heavy (non-hydrogen) atoms. The van der Waals surface area contributed by atoms with Crippen molar-refractivity contribution in [2.45, 2.75) is 32.9 Å². The van der Waals surface area contributed by atoms with E-state index in [0.717, 1.165) is 9.21 Å². The molecule has 1 aromatic heterocycles. The highest BCUT2D eigenvalue weighted by Gasteiger charge is 2.30. The number of amides is 1. The molecule has 1 N–H and O–H groups in total. The third-order valence-corrected chi connectivity index (χ3v) is 4.76. The van der Waals surface area contributed by atoms with Gasteiger partial charge in [0, 0.05) is 18.0 Å². The first kappa shape index (κ1) is 18.7. The van der Waals surface area contributed by atoms with Crippen LogP contribution in [0.5, 0.6) is 0 Å². The number of carbonyl (C=O) groups excluding carboxylic acids is 1. The second-order valence-electron chi connectivity index (χ2n) is 5.68. The predicted molar refractivity (Wildman–Crippen MR) is 91.8 cm³/mol. The minimum absolute atomic E-state index is 0.0328. The molecule has 6 heteroatoms. The number of nitrogens with one attached hydrogen (secondary N) is 1. The van der Waals surface area contributed by atoms with Gasteiger partial charge in [-0.1, -0.05) is 31.5 Å². The van der Waals surface area contributed by atoms with E-state index in [9.17, 15) is 10.1 Å². The summed E-state index contributed by atoms with van der Waals surface area (Å²) in [6.07, 6.45) is 1.76. The summed E-state index contributed by atoms with van der Waals surface area (Å²) in [6.45, 7) is 10.7. The highest BCUT2D eigenvalue weighted by molar-refractivity contribution is 7.16. The van der Waals surface area contributed by atoms with Crippen LogP contribution in [0, 0.1) is 17.2 Å². The lowest BCUT2D eigenvalue weighted by Gasteiger charge is -2.29. The first-order chi connectivity index (χ1) is 10.3. The molecule has 1 rings (SSSR count). The van der Waals surface area contributed by atoms with Gasteiger partial charge in [0.2, 0.25) is 5.91 Å². The quantitative estimate of drug-likeness (QED) is 0.738. The van der Waals surface area contributed by atoms with Crippen LogP contribution in [0.1, 0.15) is 25.6 Å². The summed E-state index contributed by atoms with van der Waals surface area (Å²) >= 11 is 7.43. The van der Waals surface area contributed by atoms with Crippen molar-refractivity contribution in [1.82, 2.24) is 10.2 Å². The Kier molecular flexibility index (Phi) is 7.08. The molecule has 4 nitrogen and oxygen atoms in total. The normalized spacial score (nSPS) is 13.7. The van der Waals surface area contributed by atoms with Gasteiger partial charge in [-0.2, -0.15) is 5.26 Å². The number of carbonyl (C=O) groups is 1. The average Bonchev–Trinajstić information content (AvgIpc) is 2.83. The molecule has 0 saturated carbocycles. The van der Waals surface area contributed by atoms with E-state index in [0.29, 0.717) is 13.1 Å². The van der Waals surface area contributed by atoms with Crippen LogP contribution in [-0.2, 0) is 11.3 Å². The molecule has 0 radical (unpaired) electrons. The maximum atomic E-state index is 12.2. The van der Waals surface area contributed by atoms with Crippen molar-refractivity contribution < 1.29 is 4.79 Å². The van der Waals surface area contributed by atoms with E-state index in [4.69, 9.17) is 11.6 Å². The lowest BCUT2D eigenvalue weighted by molar-refractivity contribution is -0.123. The van der Waals surface area contributed by atoms with Gasteiger partial charge < -0.3 is 5.32 Å². The number of nitriles is 1. The number of rotatable bonds is 8. The fourth-order valence-corrected chi connectivity index (χ4v) is 2.99. The summed E-state index contributed by atoms with van der Waals surface area (Å²) in [6, 6.07) is 5.98. The number of thiophene rings is 1. The fraction of sp³-hybridized carbons (Fsp3) is 0.500. The van der Waals surface area contributed by atoms with Crippen molar-refractivity contribution in [2.24, 2.45) is 5.92 Å². The average molecular weight is 340 g/mol. The van der Waals surface area contributed by atoms with E-state index >= 15 is 0 Å². The van der Waals surface area contributed by atoms with Crippen molar-refractivity contribution in [2.75, 3.05) is 13.1 Å². The zero-order valence-corrected chi connectivity index (χ0v) is 14.8. The Hall–Kier alpha value is -1.35. The van der Waals surface area contributed by atoms with Gasteiger partial charge in [0.1, 0.15) is 5.54 Å². The number of hydrogen-bond donors (Lipinski definition) is 1. The molecular formula is C16H22ClN3OS. The molecule has 1 heterocycles. The van der Waals surface area contributed by atoms with Crippen LogP contribution in [0.15, 0.2) is 24.8 Å². The Balaban J connectivity index is 2.68. The van der Waals surface area contributed by atoms with Gasteiger partial charge in [-0.15, -0.1) is 17.9 Å². The monoisotopic (exact) mass is 339 g/mol. The predicted octanol–water partition coefficient (Wildman–Crippen LogP) is 3.44. The number of nitrogens with zero attached hydrogens (tertiary/aromatic N) is 2. The van der Waals surface area contributed by atoms with E-state index in [2.05, 4.69) is 18.0 Å². The van der Waals surface area contributed by atoms with Crippen LogP contribution in [0.2, 0.25) is 4.34 Å². The second-order valence-corrected chi connectivity index (χ2v) is 7.48. The summed E-state index contributed by atoms with van der Waals surface area (Å²) in [4.78, 5) is 15.3. The van der Waals surface area contributed by atoms with E-state index in [1.807, 2.05) is 30.9 Å². The zero-order valence-electron chi connectivity index (χ0n) is 13.2. The van der Waals surface area contributed by atoms with E-state index in [-0.39, 0.29) is 18.4 Å². The SMILES string of the molecule is C=CCN(CC(=O)N[C@@](C)(C#N)C(C)C)Cc1ccc(Cl)s1. The van der Waals surface area contributed by atoms with Crippen LogP contribution in [-0.4, -0.2) is 29.4 Å². The van der Waals surface area contributed by atoms with Crippen LogP contribution in [0.3, 0.4) is 0 Å². The van der Waals surface area contributed by atoms with Gasteiger partial charge in [0.05, 0.1) is 17.0 Å². The van der Waals surface area contributed by atoms with Gasteiger partial charge in [-0.3, -0.25) is 9.69 Å². The number of halogens is 1.